The van der Waals surface area contributed by atoms with E-state index in [0.717, 1.165) is 0 Å². The Hall–Kier alpha value is -0.960. The largest absolute Gasteiger partial charge is 0.450 e. The maximum absolute atomic E-state index is 10.4. The Labute approximate surface area is 77.7 Å². The predicted molar refractivity (Wildman–Crippen MR) is 32.8 cm³/mol. The highest BCUT2D eigenvalue weighted by atomic mass is 19.4. The number of hydrogen-bond acceptors (Lipinski definition) is 0. The normalized spacial score (nSPS) is 9.20. The first-order valence-electron chi connectivity index (χ1n) is 2.30. The van der Waals surface area contributed by atoms with Gasteiger partial charge in [-0.2, -0.15) is 30.7 Å². The van der Waals surface area contributed by atoms with E-state index in [9.17, 15) is 39.5 Å². The number of alkyl halides is 5. The van der Waals surface area contributed by atoms with Gasteiger partial charge in [0.15, 0.2) is 0 Å². The molecule has 0 amide bonds. The Morgan fingerprint density at radius 1 is 0.800 bits per heavy atom. The van der Waals surface area contributed by atoms with Gasteiger partial charge in [0, 0.05) is 0 Å². The maximum atomic E-state index is 10.4. The number of hydrogen-bond donors (Lipinski definition) is 0. The van der Waals surface area contributed by atoms with Gasteiger partial charge in [0.2, 0.25) is 0 Å². The van der Waals surface area contributed by atoms with Gasteiger partial charge in [-0.05, 0) is 0 Å². The quantitative estimate of drug-likeness (QED) is 0.556. The van der Waals surface area contributed by atoms with Crippen LogP contribution in [-0.4, -0.2) is 12.6 Å². The zero-order valence-corrected chi connectivity index (χ0v) is 5.89. The fraction of sp³-hybridized carbons (Fsp3) is 0.600. The second-order valence-electron chi connectivity index (χ2n) is 1.36. The summed E-state index contributed by atoms with van der Waals surface area (Å²) < 4.78 is 93.3. The van der Waals surface area contributed by atoms with Crippen molar-refractivity contribution in [2.24, 2.45) is 0 Å². The Bertz CT molecular complexity index is 149. The Morgan fingerprint density at radius 3 is 0.933 bits per heavy atom. The zero-order valence-electron chi connectivity index (χ0n) is 5.89. The third kappa shape index (κ3) is 19.4. The number of halogens is 10. The second-order valence-corrected chi connectivity index (χ2v) is 1.36. The molecule has 0 fully saturated rings. The maximum Gasteiger partial charge on any atom is 0.450 e. The molecule has 0 aromatic carbocycles. The van der Waals surface area contributed by atoms with E-state index in [2.05, 4.69) is 0 Å². The lowest BCUT2D eigenvalue weighted by molar-refractivity contribution is -0.219. The van der Waals surface area contributed by atoms with Gasteiger partial charge in [0.25, 0.3) is 0 Å². The van der Waals surface area contributed by atoms with Crippen LogP contribution in [0.25, 0.3) is 0 Å². The summed E-state index contributed by atoms with van der Waals surface area (Å²) in [6.45, 7) is 0. The molecular weight excluding hydrogens is 250 g/mol. The zero-order chi connectivity index (χ0) is 11.2. The van der Waals surface area contributed by atoms with E-state index in [4.69, 9.17) is 0 Å². The molecule has 0 aliphatic carbocycles. The molecule has 0 aliphatic heterocycles. The third-order valence-corrected chi connectivity index (χ3v) is 0.390. The molecule has 0 heterocycles. The second kappa shape index (κ2) is 9.59. The van der Waals surface area contributed by atoms with Gasteiger partial charge in [0.1, 0.15) is 0 Å². The van der Waals surface area contributed by atoms with Crippen LogP contribution in [0, 0.1) is 0 Å². The van der Waals surface area contributed by atoms with Gasteiger partial charge in [-0.1, -0.05) is 7.43 Å². The van der Waals surface area contributed by atoms with E-state index in [1.165, 1.54) is 0 Å². The van der Waals surface area contributed by atoms with Gasteiger partial charge in [-0.25, -0.2) is 8.78 Å². The Kier molecular flexibility index (Phi) is 15.1. The Balaban J connectivity index is -0.0000000718. The molecule has 0 spiro atoms. The minimum absolute atomic E-state index is 0. The van der Waals surface area contributed by atoms with E-state index < -0.39 is 24.8 Å². The van der Waals surface area contributed by atoms with Crippen molar-refractivity contribution in [3.63, 3.8) is 0 Å². The van der Waals surface area contributed by atoms with Gasteiger partial charge in [-0.15, -0.1) is 0 Å². The lowest BCUT2D eigenvalue weighted by atomic mass is 10.7. The molecule has 0 aromatic heterocycles. The van der Waals surface area contributed by atoms with Gasteiger partial charge >= 0.3 is 24.8 Å². The highest BCUT2D eigenvalue weighted by molar-refractivity contribution is 4.77. The molecule has 0 saturated heterocycles. The summed E-state index contributed by atoms with van der Waals surface area (Å²) >= 11 is 0. The average Bonchev–Trinajstić information content (AvgIpc) is 1.86. The summed E-state index contributed by atoms with van der Waals surface area (Å²) in [6.07, 6.45) is -15.3. The highest BCUT2D eigenvalue weighted by Crippen LogP contribution is 2.22. The standard InChI is InChI=1S/C2HF5.C2F4.CH4.FH/c3-1(4)2(5,6)7;3-1(4)2(5)6;;/h1H;;1H4;1H. The van der Waals surface area contributed by atoms with Gasteiger partial charge < -0.3 is 0 Å². The summed E-state index contributed by atoms with van der Waals surface area (Å²) in [5, 5.41) is 0. The monoisotopic (exact) mass is 256 g/mol. The van der Waals surface area contributed by atoms with Crippen LogP contribution in [0.2, 0.25) is 0 Å². The molecule has 0 nitrogen and oxygen atoms in total. The van der Waals surface area contributed by atoms with Gasteiger partial charge in [-0.3, -0.25) is 4.70 Å². The average molecular weight is 256 g/mol. The van der Waals surface area contributed by atoms with Crippen LogP contribution < -0.4 is 0 Å². The first kappa shape index (κ1) is 23.7. The summed E-state index contributed by atoms with van der Waals surface area (Å²) in [7, 11) is 0. The molecule has 0 N–H and O–H groups in total. The topological polar surface area (TPSA) is 0 Å². The minimum Gasteiger partial charge on any atom is -0.269 e. The van der Waals surface area contributed by atoms with Crippen molar-refractivity contribution < 1.29 is 44.2 Å². The van der Waals surface area contributed by atoms with Crippen LogP contribution >= 0.6 is 0 Å². The van der Waals surface area contributed by atoms with Crippen molar-refractivity contribution in [1.82, 2.24) is 0 Å². The van der Waals surface area contributed by atoms with Crippen LogP contribution in [0.5, 0.6) is 0 Å². The molecule has 0 radical (unpaired) electrons. The first-order chi connectivity index (χ1) is 5.59. The fourth-order valence-electron chi connectivity index (χ4n) is 0. The first-order valence-corrected chi connectivity index (χ1v) is 2.30. The lowest BCUT2D eigenvalue weighted by Gasteiger charge is -2.00. The molecule has 0 aliphatic rings. The van der Waals surface area contributed by atoms with Crippen molar-refractivity contribution in [2.75, 3.05) is 0 Å². The number of rotatable bonds is 0. The van der Waals surface area contributed by atoms with Crippen molar-refractivity contribution >= 4 is 0 Å². The molecule has 10 heteroatoms. The molecule has 0 bridgehead atoms. The lowest BCUT2D eigenvalue weighted by Crippen LogP contribution is -2.18. The van der Waals surface area contributed by atoms with Crippen LogP contribution in [0.3, 0.4) is 0 Å². The summed E-state index contributed by atoms with van der Waals surface area (Å²) in [5.74, 6) is 0. The summed E-state index contributed by atoms with van der Waals surface area (Å²) in [4.78, 5) is 0. The molecular formula is C5H6F10. The van der Waals surface area contributed by atoms with E-state index in [1.807, 2.05) is 0 Å². The molecule has 0 aromatic rings. The third-order valence-electron chi connectivity index (χ3n) is 0.390. The SMILES string of the molecule is C.F.FC(F)=C(F)F.FC(F)C(F)(F)F. The summed E-state index contributed by atoms with van der Waals surface area (Å²) in [5.41, 5.74) is 0. The molecule has 0 saturated carbocycles. The van der Waals surface area contributed by atoms with Crippen molar-refractivity contribution in [2.45, 2.75) is 20.0 Å². The van der Waals surface area contributed by atoms with E-state index >= 15 is 0 Å². The smallest absolute Gasteiger partial charge is 0.269 e. The van der Waals surface area contributed by atoms with Crippen LogP contribution in [0.4, 0.5) is 44.2 Å². The van der Waals surface area contributed by atoms with E-state index in [-0.39, 0.29) is 12.1 Å². The minimum atomic E-state index is -5.33. The summed E-state index contributed by atoms with van der Waals surface area (Å²) in [6, 6.07) is 0. The molecule has 15 heavy (non-hydrogen) atoms. The predicted octanol–water partition coefficient (Wildman–Crippen LogP) is 4.59. The van der Waals surface area contributed by atoms with E-state index in [1.54, 1.807) is 0 Å². The van der Waals surface area contributed by atoms with Crippen molar-refractivity contribution in [3.8, 4) is 0 Å². The van der Waals surface area contributed by atoms with Crippen LogP contribution in [0.1, 0.15) is 7.43 Å². The van der Waals surface area contributed by atoms with Crippen molar-refractivity contribution in [1.29, 1.82) is 0 Å². The van der Waals surface area contributed by atoms with Crippen LogP contribution in [-0.2, 0) is 0 Å². The Morgan fingerprint density at radius 2 is 0.933 bits per heavy atom. The molecule has 0 rings (SSSR count). The van der Waals surface area contributed by atoms with Gasteiger partial charge in [0.05, 0.1) is 0 Å². The van der Waals surface area contributed by atoms with E-state index in [0.29, 0.717) is 0 Å². The highest BCUT2D eigenvalue weighted by Gasteiger charge is 2.40. The van der Waals surface area contributed by atoms with Crippen molar-refractivity contribution in [3.05, 3.63) is 12.2 Å². The molecule has 96 valence electrons. The molecule has 0 atom stereocenters. The fourth-order valence-corrected chi connectivity index (χ4v) is 0. The van der Waals surface area contributed by atoms with Crippen LogP contribution in [0.15, 0.2) is 12.2 Å². The molecule has 0 unspecified atom stereocenters.